The highest BCUT2D eigenvalue weighted by atomic mass is 16.5. The van der Waals surface area contributed by atoms with Gasteiger partial charge in [-0.05, 0) is 61.3 Å². The van der Waals surface area contributed by atoms with Gasteiger partial charge in [0.05, 0.1) is 17.0 Å². The van der Waals surface area contributed by atoms with Gasteiger partial charge in [0, 0.05) is 39.4 Å². The smallest absolute Gasteiger partial charge is 0.117 e. The molecule has 0 aromatic heterocycles. The molecule has 0 amide bonds. The van der Waals surface area contributed by atoms with E-state index in [0.29, 0.717) is 5.92 Å². The number of benzene rings is 1. The average molecular weight is 447 g/mol. The normalized spacial score (nSPS) is 21.7. The van der Waals surface area contributed by atoms with Gasteiger partial charge in [0.15, 0.2) is 0 Å². The van der Waals surface area contributed by atoms with Crippen LogP contribution in [0.25, 0.3) is 0 Å². The number of nitrogens with one attached hydrogen (secondary N) is 1. The zero-order valence-corrected chi connectivity index (χ0v) is 20.5. The molecule has 4 rings (SSSR count). The maximum Gasteiger partial charge on any atom is 0.117 e. The predicted octanol–water partition coefficient (Wildman–Crippen LogP) is 5.27. The van der Waals surface area contributed by atoms with Crippen molar-refractivity contribution in [2.24, 2.45) is 5.92 Å². The lowest BCUT2D eigenvalue weighted by molar-refractivity contribution is 0.0758. The average Bonchev–Trinajstić information content (AvgIpc) is 2.87. The Hall–Kier alpha value is -2.55. The zero-order chi connectivity index (χ0) is 23.2. The highest BCUT2D eigenvalue weighted by Crippen LogP contribution is 2.46. The van der Waals surface area contributed by atoms with Gasteiger partial charge >= 0.3 is 0 Å². The second kappa shape index (κ2) is 11.0. The number of ether oxygens (including phenoxy) is 1. The topological polar surface area (TPSA) is 51.5 Å². The number of anilines is 1. The van der Waals surface area contributed by atoms with E-state index in [9.17, 15) is 5.26 Å². The summed E-state index contributed by atoms with van der Waals surface area (Å²) in [6.07, 6.45) is 7.22. The lowest BCUT2D eigenvalue weighted by Crippen LogP contribution is -2.48. The molecule has 0 unspecified atom stereocenters. The molecule has 3 aliphatic rings. The van der Waals surface area contributed by atoms with Crippen molar-refractivity contribution in [1.82, 2.24) is 10.2 Å². The molecule has 1 aromatic carbocycles. The maximum atomic E-state index is 10.6. The highest BCUT2D eigenvalue weighted by Gasteiger charge is 2.38. The fraction of sp³-hybridized carbons (Fsp3) is 0.536. The number of allylic oxidation sites excluding steroid dienone is 4. The Bertz CT molecular complexity index is 972. The van der Waals surface area contributed by atoms with Crippen LogP contribution in [0, 0.1) is 24.2 Å². The number of hydrogen-bond donors (Lipinski definition) is 1. The van der Waals surface area contributed by atoms with Crippen LogP contribution in [0.2, 0.25) is 0 Å². The minimum absolute atomic E-state index is 0.380. The molecule has 0 spiro atoms. The monoisotopic (exact) mass is 446 g/mol. The number of rotatable bonds is 6. The zero-order valence-electron chi connectivity index (χ0n) is 20.5. The summed E-state index contributed by atoms with van der Waals surface area (Å²) < 4.78 is 5.70. The van der Waals surface area contributed by atoms with Crippen LogP contribution in [0.3, 0.4) is 0 Å². The van der Waals surface area contributed by atoms with Crippen LogP contribution < -0.4 is 10.2 Å². The van der Waals surface area contributed by atoms with Crippen molar-refractivity contribution < 1.29 is 4.74 Å². The Balaban J connectivity index is 1.99. The van der Waals surface area contributed by atoms with E-state index in [1.54, 1.807) is 0 Å². The van der Waals surface area contributed by atoms with Gasteiger partial charge in [0.2, 0.25) is 0 Å². The summed E-state index contributed by atoms with van der Waals surface area (Å²) in [5, 5.41) is 14.1. The van der Waals surface area contributed by atoms with Gasteiger partial charge in [-0.15, -0.1) is 0 Å². The van der Waals surface area contributed by atoms with E-state index >= 15 is 0 Å². The quantitative estimate of drug-likeness (QED) is 0.645. The second-order valence-electron chi connectivity index (χ2n) is 9.18. The molecule has 0 atom stereocenters. The van der Waals surface area contributed by atoms with E-state index in [2.05, 4.69) is 72.3 Å². The predicted molar refractivity (Wildman–Crippen MR) is 135 cm³/mol. The molecule has 176 valence electrons. The third-order valence-electron chi connectivity index (χ3n) is 7.07. The minimum Gasteiger partial charge on any atom is -0.381 e. The van der Waals surface area contributed by atoms with Crippen molar-refractivity contribution in [2.75, 3.05) is 44.3 Å². The molecule has 0 bridgehead atoms. The standard InChI is InChI=1S/C28H38N4O/c1-4-6-10-26-24(20-29)27(22-12-18-33-19-13-22)23(5-2)28(31-16-14-30-15-17-31)32(26)25-11-8-7-9-21(25)3/h7-11,22,30H,4-6,12-19H2,1-3H3/b26-10+. The van der Waals surface area contributed by atoms with Crippen molar-refractivity contribution in [3.63, 3.8) is 0 Å². The first-order valence-electron chi connectivity index (χ1n) is 12.7. The van der Waals surface area contributed by atoms with Crippen LogP contribution in [0.5, 0.6) is 0 Å². The summed E-state index contributed by atoms with van der Waals surface area (Å²) in [6, 6.07) is 11.3. The van der Waals surface area contributed by atoms with E-state index in [1.807, 2.05) is 0 Å². The first kappa shape index (κ1) is 23.6. The van der Waals surface area contributed by atoms with Gasteiger partial charge in [0.1, 0.15) is 11.9 Å². The van der Waals surface area contributed by atoms with Crippen molar-refractivity contribution in [1.29, 1.82) is 5.26 Å². The van der Waals surface area contributed by atoms with Gasteiger partial charge in [-0.1, -0.05) is 44.5 Å². The molecule has 3 aliphatic heterocycles. The second-order valence-corrected chi connectivity index (χ2v) is 9.18. The van der Waals surface area contributed by atoms with Gasteiger partial charge < -0.3 is 15.0 Å². The molecule has 33 heavy (non-hydrogen) atoms. The lowest BCUT2D eigenvalue weighted by atomic mass is 9.79. The lowest BCUT2D eigenvalue weighted by Gasteiger charge is -2.45. The van der Waals surface area contributed by atoms with Gasteiger partial charge in [0.25, 0.3) is 0 Å². The number of hydrogen-bond acceptors (Lipinski definition) is 5. The van der Waals surface area contributed by atoms with Crippen LogP contribution in [0.1, 0.15) is 51.5 Å². The van der Waals surface area contributed by atoms with E-state index in [0.717, 1.165) is 82.8 Å². The molecule has 0 aliphatic carbocycles. The van der Waals surface area contributed by atoms with E-state index in [4.69, 9.17) is 4.74 Å². The van der Waals surface area contributed by atoms with E-state index in [-0.39, 0.29) is 0 Å². The summed E-state index contributed by atoms with van der Waals surface area (Å²) in [5.41, 5.74) is 6.98. The first-order chi connectivity index (χ1) is 16.2. The number of para-hydroxylation sites is 1. The Kier molecular flexibility index (Phi) is 7.90. The Labute approximate surface area is 199 Å². The van der Waals surface area contributed by atoms with Crippen LogP contribution in [0.15, 0.2) is 58.6 Å². The molecule has 2 saturated heterocycles. The molecule has 5 nitrogen and oxygen atoms in total. The molecule has 1 N–H and O–H groups in total. The fourth-order valence-corrected chi connectivity index (χ4v) is 5.41. The van der Waals surface area contributed by atoms with Gasteiger partial charge in [-0.2, -0.15) is 5.26 Å². The van der Waals surface area contributed by atoms with Crippen molar-refractivity contribution >= 4 is 5.69 Å². The summed E-state index contributed by atoms with van der Waals surface area (Å²) in [5.74, 6) is 1.67. The van der Waals surface area contributed by atoms with Crippen molar-refractivity contribution in [3.05, 3.63) is 64.1 Å². The molecular weight excluding hydrogens is 408 g/mol. The SMILES string of the molecule is CCC/C=C1\C(C#N)=C(C2CCOCC2)C(CC)=C(N2CCNCC2)N1c1ccccc1C. The van der Waals surface area contributed by atoms with Crippen molar-refractivity contribution in [3.8, 4) is 6.07 Å². The number of nitriles is 1. The number of aryl methyl sites for hydroxylation is 1. The fourth-order valence-electron chi connectivity index (χ4n) is 5.41. The molecule has 2 fully saturated rings. The van der Waals surface area contributed by atoms with Crippen LogP contribution >= 0.6 is 0 Å². The highest BCUT2D eigenvalue weighted by molar-refractivity contribution is 5.74. The molecule has 5 heteroatoms. The first-order valence-corrected chi connectivity index (χ1v) is 12.7. The largest absolute Gasteiger partial charge is 0.381 e. The summed E-state index contributed by atoms with van der Waals surface area (Å²) in [7, 11) is 0. The maximum absolute atomic E-state index is 10.6. The Morgan fingerprint density at radius 3 is 2.52 bits per heavy atom. The number of nitrogens with zero attached hydrogens (tertiary/aromatic N) is 3. The molecule has 0 saturated carbocycles. The third kappa shape index (κ3) is 4.74. The molecule has 0 radical (unpaired) electrons. The Morgan fingerprint density at radius 2 is 1.88 bits per heavy atom. The van der Waals surface area contributed by atoms with E-state index in [1.165, 1.54) is 28.2 Å². The molecular formula is C28H38N4O. The summed E-state index contributed by atoms with van der Waals surface area (Å²) in [4.78, 5) is 4.96. The van der Waals surface area contributed by atoms with Crippen LogP contribution in [-0.4, -0.2) is 44.3 Å². The summed E-state index contributed by atoms with van der Waals surface area (Å²) >= 11 is 0. The van der Waals surface area contributed by atoms with E-state index < -0.39 is 0 Å². The molecule has 3 heterocycles. The van der Waals surface area contributed by atoms with Gasteiger partial charge in [-0.25, -0.2) is 0 Å². The minimum atomic E-state index is 0.380. The summed E-state index contributed by atoms with van der Waals surface area (Å²) in [6.45, 7) is 12.1. The number of piperazine rings is 1. The van der Waals surface area contributed by atoms with Crippen LogP contribution in [0.4, 0.5) is 5.69 Å². The molecule has 1 aromatic rings. The van der Waals surface area contributed by atoms with Crippen LogP contribution in [-0.2, 0) is 4.74 Å². The van der Waals surface area contributed by atoms with Crippen molar-refractivity contribution in [2.45, 2.75) is 52.9 Å². The van der Waals surface area contributed by atoms with Gasteiger partial charge in [-0.3, -0.25) is 4.90 Å². The Morgan fingerprint density at radius 1 is 1.15 bits per heavy atom. The third-order valence-corrected chi connectivity index (χ3v) is 7.07. The number of unbranched alkanes of at least 4 members (excludes halogenated alkanes) is 1.